The molecule has 4 aromatic rings. The summed E-state index contributed by atoms with van der Waals surface area (Å²) in [7, 11) is 1.52. The van der Waals surface area contributed by atoms with Crippen LogP contribution in [0, 0.1) is 13.8 Å². The van der Waals surface area contributed by atoms with Crippen LogP contribution < -0.4 is 15.4 Å². The lowest BCUT2D eigenvalue weighted by Gasteiger charge is -2.12. The number of aryl methyl sites for hydroxylation is 2. The fraction of sp³-hybridized carbons (Fsp3) is 0.148. The van der Waals surface area contributed by atoms with Gasteiger partial charge in [0.25, 0.3) is 5.91 Å². The van der Waals surface area contributed by atoms with Crippen LogP contribution >= 0.6 is 0 Å². The predicted molar refractivity (Wildman–Crippen MR) is 134 cm³/mol. The molecule has 2 amide bonds. The maximum Gasteiger partial charge on any atom is 0.259 e. The molecule has 0 bridgehead atoms. The standard InChI is InChI=1S/C27H26N4O3/c1-17-10-12-22(18(2)14-17)26-23(16-31(30-26)21-8-6-5-7-9-21)27(33)29-20-11-13-25(34-4)24(15-20)28-19(3)32/h5-16H,1-4H3,(H,28,32)(H,29,33). The Balaban J connectivity index is 1.75. The van der Waals surface area contributed by atoms with Crippen LogP contribution in [0.25, 0.3) is 16.9 Å². The maximum atomic E-state index is 13.4. The van der Waals surface area contributed by atoms with E-state index in [1.54, 1.807) is 29.1 Å². The number of para-hydroxylation sites is 1. The monoisotopic (exact) mass is 454 g/mol. The number of nitrogens with zero attached hydrogens (tertiary/aromatic N) is 2. The summed E-state index contributed by atoms with van der Waals surface area (Å²) in [6.45, 7) is 5.46. The third-order valence-corrected chi connectivity index (χ3v) is 5.38. The topological polar surface area (TPSA) is 85.2 Å². The summed E-state index contributed by atoms with van der Waals surface area (Å²) >= 11 is 0. The first-order valence-electron chi connectivity index (χ1n) is 10.9. The first-order chi connectivity index (χ1) is 16.4. The molecular formula is C27H26N4O3. The second-order valence-corrected chi connectivity index (χ2v) is 8.04. The van der Waals surface area contributed by atoms with E-state index in [4.69, 9.17) is 9.84 Å². The third kappa shape index (κ3) is 4.83. The average Bonchev–Trinajstić information content (AvgIpc) is 3.25. The van der Waals surface area contributed by atoms with Crippen molar-refractivity contribution in [1.29, 1.82) is 0 Å². The summed E-state index contributed by atoms with van der Waals surface area (Å²) in [5, 5.41) is 10.4. The zero-order valence-electron chi connectivity index (χ0n) is 19.5. The van der Waals surface area contributed by atoms with E-state index < -0.39 is 0 Å². The van der Waals surface area contributed by atoms with Gasteiger partial charge in [-0.3, -0.25) is 9.59 Å². The minimum Gasteiger partial charge on any atom is -0.495 e. The number of nitrogens with one attached hydrogen (secondary N) is 2. The molecule has 0 aliphatic heterocycles. The fourth-order valence-electron chi connectivity index (χ4n) is 3.80. The van der Waals surface area contributed by atoms with Crippen molar-refractivity contribution in [2.24, 2.45) is 0 Å². The highest BCUT2D eigenvalue weighted by molar-refractivity contribution is 6.08. The first-order valence-corrected chi connectivity index (χ1v) is 10.9. The molecule has 1 heterocycles. The van der Waals surface area contributed by atoms with Gasteiger partial charge in [0.2, 0.25) is 5.91 Å². The Hall–Kier alpha value is -4.39. The molecule has 7 heteroatoms. The molecule has 4 rings (SSSR count). The molecule has 34 heavy (non-hydrogen) atoms. The van der Waals surface area contributed by atoms with Crippen LogP contribution in [0.4, 0.5) is 11.4 Å². The molecule has 0 radical (unpaired) electrons. The molecule has 1 aromatic heterocycles. The van der Waals surface area contributed by atoms with Crippen molar-refractivity contribution < 1.29 is 14.3 Å². The van der Waals surface area contributed by atoms with Crippen molar-refractivity contribution in [2.75, 3.05) is 17.7 Å². The van der Waals surface area contributed by atoms with Crippen molar-refractivity contribution in [3.63, 3.8) is 0 Å². The number of methoxy groups -OCH3 is 1. The van der Waals surface area contributed by atoms with Gasteiger partial charge in [-0.15, -0.1) is 0 Å². The SMILES string of the molecule is COc1ccc(NC(=O)c2cn(-c3ccccc3)nc2-c2ccc(C)cc2C)cc1NC(C)=O. The number of carbonyl (C=O) groups is 2. The van der Waals surface area contributed by atoms with Gasteiger partial charge in [0.1, 0.15) is 11.4 Å². The quantitative estimate of drug-likeness (QED) is 0.410. The zero-order chi connectivity index (χ0) is 24.2. The van der Waals surface area contributed by atoms with Crippen LogP contribution in [0.15, 0.2) is 72.9 Å². The van der Waals surface area contributed by atoms with Crippen LogP contribution in [-0.4, -0.2) is 28.7 Å². The maximum absolute atomic E-state index is 13.4. The highest BCUT2D eigenvalue weighted by atomic mass is 16.5. The number of amides is 2. The summed E-state index contributed by atoms with van der Waals surface area (Å²) in [6.07, 6.45) is 1.73. The molecule has 0 saturated heterocycles. The van der Waals surface area contributed by atoms with Crippen LogP contribution in [0.1, 0.15) is 28.4 Å². The summed E-state index contributed by atoms with van der Waals surface area (Å²) in [4.78, 5) is 25.0. The van der Waals surface area contributed by atoms with Gasteiger partial charge in [-0.25, -0.2) is 4.68 Å². The van der Waals surface area contributed by atoms with E-state index in [9.17, 15) is 9.59 Å². The second-order valence-electron chi connectivity index (χ2n) is 8.04. The van der Waals surface area contributed by atoms with E-state index in [-0.39, 0.29) is 11.8 Å². The Morgan fingerprint density at radius 3 is 2.38 bits per heavy atom. The Morgan fingerprint density at radius 1 is 0.941 bits per heavy atom. The van der Waals surface area contributed by atoms with Crippen LogP contribution in [0.2, 0.25) is 0 Å². The average molecular weight is 455 g/mol. The number of hydrogen-bond donors (Lipinski definition) is 2. The molecule has 0 aliphatic rings. The molecule has 0 atom stereocenters. The van der Waals surface area contributed by atoms with Gasteiger partial charge in [0.15, 0.2) is 0 Å². The lowest BCUT2D eigenvalue weighted by Crippen LogP contribution is -2.13. The minimum absolute atomic E-state index is 0.233. The molecule has 0 fully saturated rings. The van der Waals surface area contributed by atoms with Crippen molar-refractivity contribution in [1.82, 2.24) is 9.78 Å². The summed E-state index contributed by atoms with van der Waals surface area (Å²) in [5.74, 6) is -0.0415. The summed E-state index contributed by atoms with van der Waals surface area (Å²) in [6, 6.07) is 20.8. The zero-order valence-corrected chi connectivity index (χ0v) is 19.5. The van der Waals surface area contributed by atoms with Crippen molar-refractivity contribution >= 4 is 23.2 Å². The number of aromatic nitrogens is 2. The number of carbonyl (C=O) groups excluding carboxylic acids is 2. The Kier molecular flexibility index (Phi) is 6.45. The number of benzene rings is 3. The molecule has 0 saturated carbocycles. The lowest BCUT2D eigenvalue weighted by molar-refractivity contribution is -0.114. The normalized spacial score (nSPS) is 10.6. The highest BCUT2D eigenvalue weighted by Gasteiger charge is 2.20. The number of hydrogen-bond acceptors (Lipinski definition) is 4. The molecule has 0 aliphatic carbocycles. The number of rotatable bonds is 6. The molecule has 172 valence electrons. The van der Waals surface area contributed by atoms with Gasteiger partial charge in [0, 0.05) is 24.4 Å². The van der Waals surface area contributed by atoms with Crippen LogP contribution in [0.5, 0.6) is 5.75 Å². The third-order valence-electron chi connectivity index (χ3n) is 5.38. The smallest absolute Gasteiger partial charge is 0.259 e. The summed E-state index contributed by atoms with van der Waals surface area (Å²) < 4.78 is 7.01. The van der Waals surface area contributed by atoms with Crippen LogP contribution in [-0.2, 0) is 4.79 Å². The van der Waals surface area contributed by atoms with E-state index in [1.165, 1.54) is 14.0 Å². The Bertz CT molecular complexity index is 1360. The van der Waals surface area contributed by atoms with Gasteiger partial charge in [-0.2, -0.15) is 5.10 Å². The predicted octanol–water partition coefficient (Wildman–Crippen LogP) is 5.38. The largest absolute Gasteiger partial charge is 0.495 e. The van der Waals surface area contributed by atoms with E-state index in [2.05, 4.69) is 16.7 Å². The number of anilines is 2. The van der Waals surface area contributed by atoms with E-state index >= 15 is 0 Å². The van der Waals surface area contributed by atoms with E-state index in [1.807, 2.05) is 56.3 Å². The highest BCUT2D eigenvalue weighted by Crippen LogP contribution is 2.30. The van der Waals surface area contributed by atoms with Gasteiger partial charge >= 0.3 is 0 Å². The lowest BCUT2D eigenvalue weighted by atomic mass is 10.0. The molecular weight excluding hydrogens is 428 g/mol. The molecule has 0 unspecified atom stereocenters. The first kappa shape index (κ1) is 22.8. The van der Waals surface area contributed by atoms with Gasteiger partial charge in [-0.1, -0.05) is 42.0 Å². The molecule has 2 N–H and O–H groups in total. The molecule has 3 aromatic carbocycles. The van der Waals surface area contributed by atoms with Gasteiger partial charge in [0.05, 0.1) is 24.0 Å². The number of ether oxygens (including phenoxy) is 1. The Morgan fingerprint density at radius 2 is 1.71 bits per heavy atom. The molecule has 0 spiro atoms. The van der Waals surface area contributed by atoms with Crippen LogP contribution in [0.3, 0.4) is 0 Å². The second kappa shape index (κ2) is 9.62. The van der Waals surface area contributed by atoms with Crippen molar-refractivity contribution in [3.8, 4) is 22.7 Å². The van der Waals surface area contributed by atoms with Gasteiger partial charge < -0.3 is 15.4 Å². The summed E-state index contributed by atoms with van der Waals surface area (Å²) in [5.41, 5.74) is 5.94. The van der Waals surface area contributed by atoms with Crippen molar-refractivity contribution in [3.05, 3.63) is 89.6 Å². The Labute approximate surface area is 198 Å². The van der Waals surface area contributed by atoms with E-state index in [0.717, 1.165) is 22.4 Å². The minimum atomic E-state index is -0.309. The fourth-order valence-corrected chi connectivity index (χ4v) is 3.80. The van der Waals surface area contributed by atoms with Gasteiger partial charge in [-0.05, 0) is 49.7 Å². The van der Waals surface area contributed by atoms with Crippen molar-refractivity contribution in [2.45, 2.75) is 20.8 Å². The molecule has 7 nitrogen and oxygen atoms in total. The van der Waals surface area contributed by atoms with E-state index in [0.29, 0.717) is 28.4 Å².